The first-order valence-corrected chi connectivity index (χ1v) is 6.48. The van der Waals surface area contributed by atoms with Gasteiger partial charge in [-0.3, -0.25) is 9.69 Å². The lowest BCUT2D eigenvalue weighted by Crippen LogP contribution is -2.45. The Morgan fingerprint density at radius 3 is 2.65 bits per heavy atom. The first-order valence-electron chi connectivity index (χ1n) is 6.48. The van der Waals surface area contributed by atoms with Gasteiger partial charge in [-0.1, -0.05) is 6.42 Å². The van der Waals surface area contributed by atoms with Crippen LogP contribution in [0.2, 0.25) is 0 Å². The lowest BCUT2D eigenvalue weighted by atomic mass is 10.2. The van der Waals surface area contributed by atoms with Crippen LogP contribution in [0.1, 0.15) is 19.3 Å². The van der Waals surface area contributed by atoms with Crippen molar-refractivity contribution in [1.29, 1.82) is 0 Å². The molecule has 0 bridgehead atoms. The van der Waals surface area contributed by atoms with Crippen LogP contribution in [0.3, 0.4) is 0 Å². The molecule has 5 heteroatoms. The molecule has 0 aromatic heterocycles. The fourth-order valence-corrected chi connectivity index (χ4v) is 1.93. The van der Waals surface area contributed by atoms with E-state index in [9.17, 15) is 4.79 Å². The molecule has 0 spiro atoms. The number of nitrogens with two attached hydrogens (primary N) is 1. The van der Waals surface area contributed by atoms with Gasteiger partial charge in [0.05, 0.1) is 19.8 Å². The van der Waals surface area contributed by atoms with Crippen LogP contribution in [0.4, 0.5) is 0 Å². The van der Waals surface area contributed by atoms with Gasteiger partial charge in [-0.2, -0.15) is 0 Å². The molecule has 2 N–H and O–H groups in total. The number of nitrogens with zero attached hydrogens (tertiary/aromatic N) is 2. The van der Waals surface area contributed by atoms with Gasteiger partial charge in [0.2, 0.25) is 5.91 Å². The molecule has 5 nitrogen and oxygen atoms in total. The summed E-state index contributed by atoms with van der Waals surface area (Å²) < 4.78 is 5.23. The third-order valence-corrected chi connectivity index (χ3v) is 3.01. The molecule has 0 saturated carbocycles. The molecule has 1 rings (SSSR count). The summed E-state index contributed by atoms with van der Waals surface area (Å²) in [5, 5.41) is 0. The summed E-state index contributed by atoms with van der Waals surface area (Å²) in [5.41, 5.74) is 5.44. The molecular weight excluding hydrogens is 218 g/mol. The second kappa shape index (κ2) is 8.44. The van der Waals surface area contributed by atoms with Crippen LogP contribution in [-0.2, 0) is 9.53 Å². The first kappa shape index (κ1) is 14.4. The second-order valence-electron chi connectivity index (χ2n) is 4.58. The number of carbonyl (C=O) groups excluding carboxylic acids is 1. The van der Waals surface area contributed by atoms with Gasteiger partial charge in [-0.05, 0) is 33.0 Å². The van der Waals surface area contributed by atoms with E-state index in [0.29, 0.717) is 19.8 Å². The predicted octanol–water partition coefficient (Wildman–Crippen LogP) is -0.0940. The van der Waals surface area contributed by atoms with Crippen LogP contribution >= 0.6 is 0 Å². The van der Waals surface area contributed by atoms with Gasteiger partial charge < -0.3 is 15.4 Å². The maximum atomic E-state index is 11.9. The number of ether oxygens (including phenoxy) is 1. The molecule has 100 valence electrons. The minimum absolute atomic E-state index is 0.217. The van der Waals surface area contributed by atoms with Crippen molar-refractivity contribution in [3.8, 4) is 0 Å². The Labute approximate surface area is 104 Å². The zero-order valence-electron chi connectivity index (χ0n) is 10.9. The van der Waals surface area contributed by atoms with Crippen molar-refractivity contribution in [3.63, 3.8) is 0 Å². The molecule has 1 aliphatic rings. The summed E-state index contributed by atoms with van der Waals surface area (Å²) >= 11 is 0. The number of amides is 1. The Morgan fingerprint density at radius 2 is 2.00 bits per heavy atom. The number of likely N-dealkylation sites (N-methyl/N-ethyl adjacent to an activating group) is 1. The van der Waals surface area contributed by atoms with E-state index >= 15 is 0 Å². The summed E-state index contributed by atoms with van der Waals surface area (Å²) in [5.74, 6) is 0.217. The molecule has 0 aromatic carbocycles. The summed E-state index contributed by atoms with van der Waals surface area (Å²) in [7, 11) is 2.00. The van der Waals surface area contributed by atoms with Crippen molar-refractivity contribution in [2.45, 2.75) is 19.3 Å². The Kier molecular flexibility index (Phi) is 7.16. The van der Waals surface area contributed by atoms with E-state index in [4.69, 9.17) is 10.5 Å². The van der Waals surface area contributed by atoms with Gasteiger partial charge in [-0.15, -0.1) is 0 Å². The minimum Gasteiger partial charge on any atom is -0.378 e. The highest BCUT2D eigenvalue weighted by Crippen LogP contribution is 2.00. The average molecular weight is 243 g/mol. The van der Waals surface area contributed by atoms with Crippen molar-refractivity contribution < 1.29 is 9.53 Å². The molecule has 0 atom stereocenters. The summed E-state index contributed by atoms with van der Waals surface area (Å²) in [6.07, 6.45) is 3.34. The fraction of sp³-hybridized carbons (Fsp3) is 0.917. The van der Waals surface area contributed by atoms with E-state index in [1.807, 2.05) is 11.9 Å². The van der Waals surface area contributed by atoms with E-state index < -0.39 is 0 Å². The Balaban J connectivity index is 2.11. The molecule has 0 aromatic rings. The average Bonchev–Trinajstić information content (AvgIpc) is 2.36. The molecule has 0 radical (unpaired) electrons. The smallest absolute Gasteiger partial charge is 0.236 e. The molecular formula is C12H25N3O2. The number of hydrogen-bond acceptors (Lipinski definition) is 4. The topological polar surface area (TPSA) is 58.8 Å². The molecule has 1 fully saturated rings. The largest absolute Gasteiger partial charge is 0.378 e. The Bertz CT molecular complexity index is 218. The third-order valence-electron chi connectivity index (χ3n) is 3.01. The van der Waals surface area contributed by atoms with E-state index in [-0.39, 0.29) is 5.91 Å². The zero-order valence-corrected chi connectivity index (χ0v) is 10.9. The lowest BCUT2D eigenvalue weighted by Gasteiger charge is -2.28. The maximum Gasteiger partial charge on any atom is 0.236 e. The van der Waals surface area contributed by atoms with Gasteiger partial charge in [0.25, 0.3) is 0 Å². The minimum atomic E-state index is 0.217. The number of carbonyl (C=O) groups is 1. The molecule has 1 amide bonds. The van der Waals surface area contributed by atoms with Gasteiger partial charge in [-0.25, -0.2) is 0 Å². The second-order valence-corrected chi connectivity index (χ2v) is 4.58. The molecule has 0 unspecified atom stereocenters. The van der Waals surface area contributed by atoms with E-state index in [1.165, 1.54) is 0 Å². The van der Waals surface area contributed by atoms with Crippen LogP contribution in [0.25, 0.3) is 0 Å². The third kappa shape index (κ3) is 6.00. The van der Waals surface area contributed by atoms with E-state index in [0.717, 1.165) is 45.4 Å². The normalized spacial score (nSPS) is 16.5. The van der Waals surface area contributed by atoms with E-state index in [1.54, 1.807) is 0 Å². The Morgan fingerprint density at radius 1 is 1.29 bits per heavy atom. The van der Waals surface area contributed by atoms with Crippen molar-refractivity contribution in [1.82, 2.24) is 9.80 Å². The van der Waals surface area contributed by atoms with Crippen LogP contribution in [-0.4, -0.2) is 68.7 Å². The fourth-order valence-electron chi connectivity index (χ4n) is 1.93. The van der Waals surface area contributed by atoms with Crippen LogP contribution in [0.5, 0.6) is 0 Å². The van der Waals surface area contributed by atoms with Gasteiger partial charge in [0, 0.05) is 13.1 Å². The maximum absolute atomic E-state index is 11.9. The predicted molar refractivity (Wildman–Crippen MR) is 67.8 cm³/mol. The van der Waals surface area contributed by atoms with Crippen molar-refractivity contribution >= 4 is 5.91 Å². The molecule has 1 heterocycles. The van der Waals surface area contributed by atoms with E-state index in [2.05, 4.69) is 4.90 Å². The van der Waals surface area contributed by atoms with Crippen LogP contribution in [0.15, 0.2) is 0 Å². The number of unbranched alkanes of at least 4 members (excludes halogenated alkanes) is 2. The van der Waals surface area contributed by atoms with Crippen LogP contribution < -0.4 is 5.73 Å². The summed E-state index contributed by atoms with van der Waals surface area (Å²) in [4.78, 5) is 15.9. The summed E-state index contributed by atoms with van der Waals surface area (Å²) in [6, 6.07) is 0. The SMILES string of the molecule is CN(CCCCCN)CC(=O)N1CCOCC1. The van der Waals surface area contributed by atoms with Crippen molar-refractivity contribution in [3.05, 3.63) is 0 Å². The summed E-state index contributed by atoms with van der Waals surface area (Å²) in [6.45, 7) is 5.06. The highest BCUT2D eigenvalue weighted by Gasteiger charge is 2.17. The number of morpholine rings is 1. The standard InChI is InChI=1S/C12H25N3O2/c1-14(6-4-2-3-5-13)11-12(16)15-7-9-17-10-8-15/h2-11,13H2,1H3. The number of hydrogen-bond donors (Lipinski definition) is 1. The zero-order chi connectivity index (χ0) is 12.5. The van der Waals surface area contributed by atoms with Gasteiger partial charge in [0.15, 0.2) is 0 Å². The van der Waals surface area contributed by atoms with Gasteiger partial charge >= 0.3 is 0 Å². The monoisotopic (exact) mass is 243 g/mol. The van der Waals surface area contributed by atoms with Crippen molar-refractivity contribution in [2.75, 3.05) is 53.0 Å². The lowest BCUT2D eigenvalue weighted by molar-refractivity contribution is -0.136. The molecule has 1 aliphatic heterocycles. The Hall–Kier alpha value is -0.650. The number of rotatable bonds is 7. The molecule has 0 aliphatic carbocycles. The highest BCUT2D eigenvalue weighted by molar-refractivity contribution is 5.78. The van der Waals surface area contributed by atoms with Gasteiger partial charge in [0.1, 0.15) is 0 Å². The highest BCUT2D eigenvalue weighted by atomic mass is 16.5. The first-order chi connectivity index (χ1) is 8.24. The van der Waals surface area contributed by atoms with Crippen molar-refractivity contribution in [2.24, 2.45) is 5.73 Å². The molecule has 1 saturated heterocycles. The quantitative estimate of drug-likeness (QED) is 0.635. The molecule has 17 heavy (non-hydrogen) atoms. The van der Waals surface area contributed by atoms with Crippen LogP contribution in [0, 0.1) is 0 Å².